The summed E-state index contributed by atoms with van der Waals surface area (Å²) >= 11 is 0. The van der Waals surface area contributed by atoms with Crippen molar-refractivity contribution in [1.29, 1.82) is 0 Å². The van der Waals surface area contributed by atoms with Crippen LogP contribution in [0.25, 0.3) is 0 Å². The van der Waals surface area contributed by atoms with Crippen molar-refractivity contribution in [2.45, 2.75) is 20.3 Å². The number of carbonyl (C=O) groups is 2. The normalized spacial score (nSPS) is 8.75. The molecule has 0 aromatic heterocycles. The summed E-state index contributed by atoms with van der Waals surface area (Å²) in [4.78, 5) is 21.9. The van der Waals surface area contributed by atoms with E-state index >= 15 is 0 Å². The number of carbonyl (C=O) groups excluding carboxylic acids is 2. The Kier molecular flexibility index (Phi) is 9.34. The van der Waals surface area contributed by atoms with Crippen LogP contribution in [0.15, 0.2) is 0 Å². The first kappa shape index (κ1) is 13.7. The van der Waals surface area contributed by atoms with Crippen LogP contribution < -0.4 is 5.73 Å². The van der Waals surface area contributed by atoms with Crippen LogP contribution in [0.2, 0.25) is 0 Å². The lowest BCUT2D eigenvalue weighted by Crippen LogP contribution is -2.13. The van der Waals surface area contributed by atoms with Crippen molar-refractivity contribution in [1.82, 2.24) is 4.90 Å². The summed E-state index contributed by atoms with van der Waals surface area (Å²) in [6.07, 6.45) is -0.139. The van der Waals surface area contributed by atoms with E-state index in [4.69, 9.17) is 0 Å². The molecule has 12 heavy (non-hydrogen) atoms. The summed E-state index contributed by atoms with van der Waals surface area (Å²) < 4.78 is 0. The minimum absolute atomic E-state index is 0.139. The van der Waals surface area contributed by atoms with Crippen LogP contribution in [0, 0.1) is 0 Å². The molecule has 0 saturated heterocycles. The third-order valence-electron chi connectivity index (χ3n) is 1.06. The zero-order valence-corrected chi connectivity index (χ0v) is 8.26. The molecule has 0 radical (unpaired) electrons. The van der Waals surface area contributed by atoms with Gasteiger partial charge in [0.15, 0.2) is 0 Å². The standard InChI is InChI=1S/C4H7NO2.C4H11N/c1-3(6)2-4(5)7;1-4-5(2)3/h2H2,1H3,(H2,5,7);4H2,1-3H3. The summed E-state index contributed by atoms with van der Waals surface area (Å²) in [5.41, 5.74) is 4.63. The van der Waals surface area contributed by atoms with Gasteiger partial charge in [0.25, 0.3) is 0 Å². The molecule has 0 fully saturated rings. The maximum Gasteiger partial charge on any atom is 0.224 e. The fourth-order valence-electron chi connectivity index (χ4n) is 0.245. The lowest BCUT2D eigenvalue weighted by molar-refractivity contribution is -0.125. The molecule has 4 nitrogen and oxygen atoms in total. The van der Waals surface area contributed by atoms with Gasteiger partial charge in [-0.2, -0.15) is 0 Å². The van der Waals surface area contributed by atoms with Gasteiger partial charge in [-0.1, -0.05) is 6.92 Å². The molecule has 0 aliphatic rings. The van der Waals surface area contributed by atoms with Crippen molar-refractivity contribution < 1.29 is 9.59 Å². The van der Waals surface area contributed by atoms with Gasteiger partial charge in [-0.15, -0.1) is 0 Å². The van der Waals surface area contributed by atoms with Crippen molar-refractivity contribution in [2.24, 2.45) is 5.73 Å². The summed E-state index contributed by atoms with van der Waals surface area (Å²) in [6, 6.07) is 0. The third-order valence-corrected chi connectivity index (χ3v) is 1.06. The number of rotatable bonds is 3. The van der Waals surface area contributed by atoms with Gasteiger partial charge >= 0.3 is 0 Å². The van der Waals surface area contributed by atoms with Crippen molar-refractivity contribution in [3.63, 3.8) is 0 Å². The Bertz CT molecular complexity index is 132. The number of nitrogens with two attached hydrogens (primary N) is 1. The summed E-state index contributed by atoms with van der Waals surface area (Å²) in [5, 5.41) is 0. The van der Waals surface area contributed by atoms with Crippen LogP contribution in [0.5, 0.6) is 0 Å². The van der Waals surface area contributed by atoms with Gasteiger partial charge in [0, 0.05) is 0 Å². The van der Waals surface area contributed by atoms with E-state index in [1.165, 1.54) is 6.92 Å². The molecular weight excluding hydrogens is 156 g/mol. The Morgan fingerprint density at radius 2 is 1.67 bits per heavy atom. The zero-order valence-electron chi connectivity index (χ0n) is 8.26. The smallest absolute Gasteiger partial charge is 0.224 e. The fraction of sp³-hybridized carbons (Fsp3) is 0.750. The minimum atomic E-state index is -0.562. The summed E-state index contributed by atoms with van der Waals surface area (Å²) in [6.45, 7) is 4.59. The maximum atomic E-state index is 9.95. The van der Waals surface area contributed by atoms with Gasteiger partial charge in [-0.25, -0.2) is 0 Å². The number of primary amides is 1. The second-order valence-electron chi connectivity index (χ2n) is 2.74. The monoisotopic (exact) mass is 174 g/mol. The highest BCUT2D eigenvalue weighted by molar-refractivity contribution is 5.95. The van der Waals surface area contributed by atoms with E-state index in [0.29, 0.717) is 0 Å². The first-order valence-electron chi connectivity index (χ1n) is 3.82. The van der Waals surface area contributed by atoms with Gasteiger partial charge in [0.2, 0.25) is 5.91 Å². The fourth-order valence-corrected chi connectivity index (χ4v) is 0.245. The molecule has 0 heterocycles. The average Bonchev–Trinajstić information content (AvgIpc) is 1.85. The zero-order chi connectivity index (χ0) is 10.1. The number of nitrogens with zero attached hydrogens (tertiary/aromatic N) is 1. The second kappa shape index (κ2) is 8.20. The summed E-state index contributed by atoms with van der Waals surface area (Å²) in [7, 11) is 4.11. The first-order valence-corrected chi connectivity index (χ1v) is 3.82. The predicted molar refractivity (Wildman–Crippen MR) is 48.7 cm³/mol. The molecule has 0 atom stereocenters. The molecule has 72 valence electrons. The van der Waals surface area contributed by atoms with Gasteiger partial charge in [0.05, 0.1) is 6.42 Å². The highest BCUT2D eigenvalue weighted by atomic mass is 16.2. The van der Waals surface area contributed by atoms with Crippen LogP contribution >= 0.6 is 0 Å². The SMILES string of the molecule is CC(=O)CC(N)=O.CCN(C)C. The Morgan fingerprint density at radius 3 is 1.67 bits per heavy atom. The Hall–Kier alpha value is -0.900. The Labute approximate surface area is 73.7 Å². The second-order valence-corrected chi connectivity index (χ2v) is 2.74. The van der Waals surface area contributed by atoms with Crippen molar-refractivity contribution in [3.8, 4) is 0 Å². The van der Waals surface area contributed by atoms with Crippen LogP contribution in [0.3, 0.4) is 0 Å². The highest BCUT2D eigenvalue weighted by Crippen LogP contribution is 1.75. The first-order chi connectivity index (χ1) is 5.40. The van der Waals surface area contributed by atoms with E-state index in [1.807, 2.05) is 0 Å². The molecule has 0 aliphatic carbocycles. The molecule has 1 amide bonds. The molecule has 0 unspecified atom stereocenters. The molecule has 2 N–H and O–H groups in total. The van der Waals surface area contributed by atoms with E-state index in [0.717, 1.165) is 6.54 Å². The Morgan fingerprint density at radius 1 is 1.33 bits per heavy atom. The highest BCUT2D eigenvalue weighted by Gasteiger charge is 1.95. The number of Topliss-reactive ketones (excluding diaryl/α,β-unsaturated/α-hetero) is 1. The van der Waals surface area contributed by atoms with Gasteiger partial charge in [0.1, 0.15) is 5.78 Å². The third kappa shape index (κ3) is 23.0. The van der Waals surface area contributed by atoms with E-state index in [-0.39, 0.29) is 12.2 Å². The van der Waals surface area contributed by atoms with E-state index in [1.54, 1.807) is 0 Å². The number of hydrogen-bond acceptors (Lipinski definition) is 3. The van der Waals surface area contributed by atoms with E-state index in [2.05, 4.69) is 31.7 Å². The van der Waals surface area contributed by atoms with Crippen molar-refractivity contribution in [2.75, 3.05) is 20.6 Å². The maximum absolute atomic E-state index is 9.95. The Balaban J connectivity index is 0. The number of ketones is 1. The molecular formula is C8H18N2O2. The number of hydrogen-bond donors (Lipinski definition) is 1. The molecule has 0 aromatic rings. The number of amides is 1. The van der Waals surface area contributed by atoms with Gasteiger partial charge < -0.3 is 10.6 Å². The topological polar surface area (TPSA) is 63.4 Å². The van der Waals surface area contributed by atoms with Gasteiger partial charge in [-0.05, 0) is 27.6 Å². The molecule has 0 aliphatic heterocycles. The molecule has 0 aromatic carbocycles. The molecule has 0 rings (SSSR count). The summed E-state index contributed by atoms with van der Waals surface area (Å²) in [5.74, 6) is -0.750. The van der Waals surface area contributed by atoms with Gasteiger partial charge in [-0.3, -0.25) is 9.59 Å². The molecule has 0 bridgehead atoms. The lowest BCUT2D eigenvalue weighted by Gasteiger charge is -2.00. The quantitative estimate of drug-likeness (QED) is 0.613. The molecule has 0 spiro atoms. The van der Waals surface area contributed by atoms with E-state index in [9.17, 15) is 9.59 Å². The lowest BCUT2D eigenvalue weighted by atomic mass is 10.3. The van der Waals surface area contributed by atoms with Crippen LogP contribution in [-0.4, -0.2) is 37.2 Å². The van der Waals surface area contributed by atoms with Crippen molar-refractivity contribution in [3.05, 3.63) is 0 Å². The van der Waals surface area contributed by atoms with Crippen LogP contribution in [0.1, 0.15) is 20.3 Å². The molecule has 4 heteroatoms. The largest absolute Gasteiger partial charge is 0.369 e. The van der Waals surface area contributed by atoms with Crippen molar-refractivity contribution >= 4 is 11.7 Å². The van der Waals surface area contributed by atoms with E-state index < -0.39 is 5.91 Å². The van der Waals surface area contributed by atoms with Crippen LogP contribution in [0.4, 0.5) is 0 Å². The minimum Gasteiger partial charge on any atom is -0.369 e. The molecule has 0 saturated carbocycles. The van der Waals surface area contributed by atoms with Crippen LogP contribution in [-0.2, 0) is 9.59 Å². The predicted octanol–water partition coefficient (Wildman–Crippen LogP) is 0.0187. The average molecular weight is 174 g/mol.